The predicted molar refractivity (Wildman–Crippen MR) is 215 cm³/mol. The minimum Gasteiger partial charge on any atom is -0.414 e. The van der Waals surface area contributed by atoms with Crippen molar-refractivity contribution in [2.45, 2.75) is 109 Å². The maximum absolute atomic E-state index is 14.1. The van der Waals surface area contributed by atoms with E-state index in [0.717, 1.165) is 0 Å². The summed E-state index contributed by atoms with van der Waals surface area (Å²) in [6, 6.07) is 18.3. The normalized spacial score (nSPS) is 24.6. The van der Waals surface area contributed by atoms with Crippen molar-refractivity contribution >= 4 is 57.6 Å². The molecule has 3 aliphatic heterocycles. The van der Waals surface area contributed by atoms with Gasteiger partial charge in [0, 0.05) is 14.0 Å². The summed E-state index contributed by atoms with van der Waals surface area (Å²) in [4.78, 5) is 48.4. The van der Waals surface area contributed by atoms with E-state index in [1.807, 2.05) is 43.4 Å². The lowest BCUT2D eigenvalue weighted by Crippen LogP contribution is -2.71. The zero-order chi connectivity index (χ0) is 40.2. The number of nitrogens with one attached hydrogen (secondary N) is 1. The van der Waals surface area contributed by atoms with Crippen LogP contribution in [-0.2, 0) is 27.3 Å². The molecule has 2 bridgehead atoms. The van der Waals surface area contributed by atoms with Gasteiger partial charge in [0.15, 0.2) is 23.5 Å². The predicted octanol–water partition coefficient (Wildman–Crippen LogP) is 7.59. The maximum atomic E-state index is 14.1. The summed E-state index contributed by atoms with van der Waals surface area (Å²) < 4.78 is 37.1. The first-order valence-corrected chi connectivity index (χ1v) is 23.3. The highest BCUT2D eigenvalue weighted by molar-refractivity contribution is 6.84. The van der Waals surface area contributed by atoms with Crippen LogP contribution in [0, 0.1) is 0 Å². The quantitative estimate of drug-likeness (QED) is 0.166. The van der Waals surface area contributed by atoms with E-state index in [2.05, 4.69) is 70.7 Å². The van der Waals surface area contributed by atoms with Gasteiger partial charge in [-0.3, -0.25) is 19.5 Å². The van der Waals surface area contributed by atoms with Crippen LogP contribution >= 0.6 is 0 Å². The molecular weight excluding hydrogens is 751 g/mol. The van der Waals surface area contributed by atoms with Gasteiger partial charge in [-0.1, -0.05) is 91.8 Å². The summed E-state index contributed by atoms with van der Waals surface area (Å²) in [5.74, 6) is -0.631. The highest BCUT2D eigenvalue weighted by atomic mass is 28.5. The number of hydrogen-bond acceptors (Lipinski definition) is 12. The molecule has 2 aromatic heterocycles. The molecule has 3 saturated heterocycles. The van der Waals surface area contributed by atoms with Crippen molar-refractivity contribution in [1.82, 2.24) is 24.6 Å². The van der Waals surface area contributed by atoms with Crippen molar-refractivity contribution in [1.29, 1.82) is 0 Å². The Morgan fingerprint density at radius 1 is 0.893 bits per heavy atom. The monoisotopic (exact) mass is 803 g/mol. The molecule has 4 aromatic rings. The van der Waals surface area contributed by atoms with Gasteiger partial charge in [-0.15, -0.1) is 0 Å². The van der Waals surface area contributed by atoms with Crippen LogP contribution in [0.3, 0.4) is 0 Å². The van der Waals surface area contributed by atoms with E-state index in [-0.39, 0.29) is 51.8 Å². The molecule has 17 heteroatoms. The Hall–Kier alpha value is -4.08. The highest BCUT2D eigenvalue weighted by Crippen LogP contribution is 2.53. The van der Waals surface area contributed by atoms with E-state index < -0.39 is 53.2 Å². The topological polar surface area (TPSA) is 152 Å². The number of hydrogen-bond donors (Lipinski definition) is 1. The van der Waals surface area contributed by atoms with Gasteiger partial charge in [-0.25, -0.2) is 14.7 Å². The molecule has 0 radical (unpaired) electrons. The number of rotatable bonds is 9. The zero-order valence-corrected chi connectivity index (χ0v) is 35.8. The number of carbonyl (C=O) groups is 2. The Labute approximate surface area is 330 Å². The second-order valence-corrected chi connectivity index (χ2v) is 25.0. The number of carbonyl (C=O) groups excluding carboxylic acids is 2. The standard InChI is InChI=1S/C39H53N7O8Si2/c1-24(2)55(25(3)4)49-22-39-21-44(10)52-32(33(39)53-56(54-55,26(5)6)27(7)8)36(51-39)45-23-40-31-34(45)42-37(41-28(9)47)43-35(31)50-38(48)46(29-17-13-11-14-18-29)30-19-15-12-16-20-30/h11-20,23-27,32-33,36H,21-22H2,1-10H3,(H,41,42,43,47)/t32-,33+,36-,39-/m1/s1. The van der Waals surface area contributed by atoms with Crippen LogP contribution in [0.4, 0.5) is 22.1 Å². The summed E-state index contributed by atoms with van der Waals surface area (Å²) >= 11 is 0. The summed E-state index contributed by atoms with van der Waals surface area (Å²) in [7, 11) is -4.07. The lowest BCUT2D eigenvalue weighted by molar-refractivity contribution is -0.257. The summed E-state index contributed by atoms with van der Waals surface area (Å²) in [5.41, 5.74) is 1.14. The largest absolute Gasteiger partial charge is 0.425 e. The number of ether oxygens (including phenoxy) is 2. The first-order valence-electron chi connectivity index (χ1n) is 19.3. The van der Waals surface area contributed by atoms with Crippen LogP contribution in [0.2, 0.25) is 22.2 Å². The lowest BCUT2D eigenvalue weighted by atomic mass is 9.94. The third-order valence-electron chi connectivity index (χ3n) is 11.0. The first-order chi connectivity index (χ1) is 26.6. The van der Waals surface area contributed by atoms with Crippen LogP contribution in [0.15, 0.2) is 67.0 Å². The molecule has 5 heterocycles. The third kappa shape index (κ3) is 6.97. The van der Waals surface area contributed by atoms with Gasteiger partial charge in [-0.2, -0.15) is 15.0 Å². The summed E-state index contributed by atoms with van der Waals surface area (Å²) in [6.45, 7) is 19.4. The highest BCUT2D eigenvalue weighted by Gasteiger charge is 2.68. The molecule has 4 atom stereocenters. The fourth-order valence-electron chi connectivity index (χ4n) is 8.38. The Bertz CT molecular complexity index is 2000. The second kappa shape index (κ2) is 15.4. The molecule has 0 saturated carbocycles. The van der Waals surface area contributed by atoms with Crippen molar-refractivity contribution in [2.24, 2.45) is 0 Å². The van der Waals surface area contributed by atoms with E-state index in [1.54, 1.807) is 40.2 Å². The van der Waals surface area contributed by atoms with Gasteiger partial charge in [0.1, 0.15) is 11.7 Å². The Balaban J connectivity index is 1.33. The Morgan fingerprint density at radius 2 is 1.48 bits per heavy atom. The molecule has 1 N–H and O–H groups in total. The molecule has 15 nitrogen and oxygen atoms in total. The van der Waals surface area contributed by atoms with Crippen molar-refractivity contribution < 1.29 is 36.9 Å². The number of hydroxylamine groups is 2. The smallest absolute Gasteiger partial charge is 0.414 e. The SMILES string of the molecule is CC(=O)Nc1nc(OC(=O)N(c2ccccc2)c2ccccc2)c2ncn([C@@H]3O[C@]45CO[Si](C(C)C)(C(C)C)O[Si](C(C)C)(C(C)C)O[C@H]4[C@H]3ON(C)C5)c2n1. The molecule has 300 valence electrons. The average molecular weight is 804 g/mol. The number of benzene rings is 2. The Kier molecular flexibility index (Phi) is 11.0. The van der Waals surface area contributed by atoms with Crippen molar-refractivity contribution in [3.05, 3.63) is 67.0 Å². The van der Waals surface area contributed by atoms with Gasteiger partial charge in [0.2, 0.25) is 11.9 Å². The van der Waals surface area contributed by atoms with E-state index in [0.29, 0.717) is 17.9 Å². The zero-order valence-electron chi connectivity index (χ0n) is 33.8. The number of amides is 2. The number of fused-ring (bicyclic) bond motifs is 1. The molecule has 3 aliphatic rings. The number of para-hydroxylation sites is 2. The van der Waals surface area contributed by atoms with Crippen LogP contribution in [0.5, 0.6) is 5.88 Å². The first kappa shape index (κ1) is 40.1. The van der Waals surface area contributed by atoms with E-state index >= 15 is 0 Å². The van der Waals surface area contributed by atoms with Crippen molar-refractivity contribution in [3.63, 3.8) is 0 Å². The van der Waals surface area contributed by atoms with Gasteiger partial charge in [-0.05, 0) is 46.4 Å². The third-order valence-corrected chi connectivity index (χ3v) is 21.2. The molecule has 2 aromatic carbocycles. The van der Waals surface area contributed by atoms with E-state index in [4.69, 9.17) is 32.3 Å². The van der Waals surface area contributed by atoms with Crippen molar-refractivity contribution in [3.8, 4) is 5.88 Å². The van der Waals surface area contributed by atoms with Gasteiger partial charge in [0.25, 0.3) is 5.88 Å². The van der Waals surface area contributed by atoms with Crippen LogP contribution in [-0.4, -0.2) is 91.7 Å². The molecule has 0 aliphatic carbocycles. The van der Waals surface area contributed by atoms with Gasteiger partial charge >= 0.3 is 23.2 Å². The van der Waals surface area contributed by atoms with Crippen molar-refractivity contribution in [2.75, 3.05) is 30.4 Å². The van der Waals surface area contributed by atoms with E-state index in [1.165, 1.54) is 11.8 Å². The molecule has 0 spiro atoms. The lowest BCUT2D eigenvalue weighted by Gasteiger charge is -2.55. The maximum Gasteiger partial charge on any atom is 0.425 e. The van der Waals surface area contributed by atoms with Crippen LogP contribution < -0.4 is 15.0 Å². The summed E-state index contributed by atoms with van der Waals surface area (Å²) in [6.07, 6.45) is -1.23. The second-order valence-electron chi connectivity index (χ2n) is 16.2. The molecule has 2 amide bonds. The summed E-state index contributed by atoms with van der Waals surface area (Å²) in [5, 5.41) is 4.44. The molecule has 7 rings (SSSR count). The Morgan fingerprint density at radius 3 is 2.04 bits per heavy atom. The number of anilines is 3. The molecular formula is C39H53N7O8Si2. The number of likely N-dealkylation sites (N-methyl/N-ethyl adjacent to an activating group) is 1. The number of aromatic nitrogens is 4. The molecule has 3 fully saturated rings. The number of nitrogens with zero attached hydrogens (tertiary/aromatic N) is 6. The number of imidazole rings is 1. The molecule has 56 heavy (non-hydrogen) atoms. The van der Waals surface area contributed by atoms with Gasteiger partial charge in [0.05, 0.1) is 30.9 Å². The van der Waals surface area contributed by atoms with Gasteiger partial charge < -0.3 is 22.4 Å². The minimum absolute atomic E-state index is 0.0765. The average Bonchev–Trinajstić information content (AvgIpc) is 3.62. The molecule has 0 unspecified atom stereocenters. The fraction of sp³-hybridized carbons (Fsp3) is 0.513. The van der Waals surface area contributed by atoms with Crippen LogP contribution in [0.25, 0.3) is 11.2 Å². The van der Waals surface area contributed by atoms with E-state index in [9.17, 15) is 9.59 Å². The van der Waals surface area contributed by atoms with Crippen LogP contribution in [0.1, 0.15) is 68.5 Å². The fourth-order valence-corrected chi connectivity index (χ4v) is 19.7. The minimum atomic E-state index is -3.05.